The SMILES string of the molecule is CC(Sc1nnc(-c2ccccc2Cl)n1-c1ccccc1F)C(=O)NC1CC1. The van der Waals surface area contributed by atoms with E-state index < -0.39 is 11.1 Å². The van der Waals surface area contributed by atoms with Gasteiger partial charge in [-0.15, -0.1) is 10.2 Å². The van der Waals surface area contributed by atoms with Gasteiger partial charge in [0.2, 0.25) is 5.91 Å². The first kappa shape index (κ1) is 19.0. The van der Waals surface area contributed by atoms with E-state index in [4.69, 9.17) is 11.6 Å². The first-order chi connectivity index (χ1) is 13.5. The molecule has 5 nitrogen and oxygen atoms in total. The molecule has 0 saturated heterocycles. The summed E-state index contributed by atoms with van der Waals surface area (Å²) < 4.78 is 16.2. The molecule has 1 aliphatic carbocycles. The standard InChI is InChI=1S/C20H18ClFN4OS/c1-12(19(27)23-13-10-11-13)28-20-25-24-18(14-6-2-3-7-15(14)21)26(20)17-9-5-4-8-16(17)22/h2-9,12-13H,10-11H2,1H3,(H,23,27). The van der Waals surface area contributed by atoms with E-state index in [2.05, 4.69) is 15.5 Å². The van der Waals surface area contributed by atoms with Gasteiger partial charge in [-0.25, -0.2) is 4.39 Å². The van der Waals surface area contributed by atoms with E-state index in [1.54, 1.807) is 41.8 Å². The summed E-state index contributed by atoms with van der Waals surface area (Å²) in [6.45, 7) is 1.80. The molecule has 28 heavy (non-hydrogen) atoms. The molecule has 1 amide bonds. The van der Waals surface area contributed by atoms with Crippen LogP contribution in [0.1, 0.15) is 19.8 Å². The second-order valence-corrected chi connectivity index (χ2v) is 8.33. The van der Waals surface area contributed by atoms with Gasteiger partial charge in [0.05, 0.1) is 16.0 Å². The monoisotopic (exact) mass is 416 g/mol. The fourth-order valence-electron chi connectivity index (χ4n) is 2.77. The number of carbonyl (C=O) groups excluding carboxylic acids is 1. The van der Waals surface area contributed by atoms with Crippen LogP contribution in [-0.4, -0.2) is 32.0 Å². The smallest absolute Gasteiger partial charge is 0.233 e. The fraction of sp³-hybridized carbons (Fsp3) is 0.250. The molecule has 0 spiro atoms. The average Bonchev–Trinajstić information content (AvgIpc) is 3.41. The van der Waals surface area contributed by atoms with Crippen molar-refractivity contribution in [2.75, 3.05) is 0 Å². The lowest BCUT2D eigenvalue weighted by Crippen LogP contribution is -2.32. The normalized spacial score (nSPS) is 14.7. The first-order valence-corrected chi connectivity index (χ1v) is 10.2. The predicted octanol–water partition coefficient (Wildman–Crippen LogP) is 4.49. The number of aromatic nitrogens is 3. The van der Waals surface area contributed by atoms with Gasteiger partial charge in [-0.3, -0.25) is 9.36 Å². The number of hydrogen-bond donors (Lipinski definition) is 1. The van der Waals surface area contributed by atoms with Crippen molar-refractivity contribution in [3.63, 3.8) is 0 Å². The van der Waals surface area contributed by atoms with E-state index in [1.165, 1.54) is 17.8 Å². The van der Waals surface area contributed by atoms with Crippen molar-refractivity contribution in [2.24, 2.45) is 0 Å². The van der Waals surface area contributed by atoms with Crippen molar-refractivity contribution in [2.45, 2.75) is 36.2 Å². The number of benzene rings is 2. The molecular formula is C20H18ClFN4OS. The van der Waals surface area contributed by atoms with Crippen LogP contribution >= 0.6 is 23.4 Å². The van der Waals surface area contributed by atoms with Crippen molar-refractivity contribution < 1.29 is 9.18 Å². The molecule has 4 rings (SSSR count). The van der Waals surface area contributed by atoms with Crippen LogP contribution in [0, 0.1) is 5.82 Å². The molecule has 1 saturated carbocycles. The van der Waals surface area contributed by atoms with Crippen molar-refractivity contribution in [3.8, 4) is 17.1 Å². The van der Waals surface area contributed by atoms with Crippen LogP contribution in [0.15, 0.2) is 53.7 Å². The van der Waals surface area contributed by atoms with Crippen molar-refractivity contribution in [3.05, 3.63) is 59.4 Å². The van der Waals surface area contributed by atoms with Gasteiger partial charge in [0.25, 0.3) is 0 Å². The summed E-state index contributed by atoms with van der Waals surface area (Å²) in [4.78, 5) is 12.4. The third-order valence-corrected chi connectivity index (χ3v) is 5.79. The lowest BCUT2D eigenvalue weighted by molar-refractivity contribution is -0.120. The van der Waals surface area contributed by atoms with Crippen LogP contribution < -0.4 is 5.32 Å². The second-order valence-electron chi connectivity index (χ2n) is 6.62. The van der Waals surface area contributed by atoms with Gasteiger partial charge in [-0.1, -0.05) is 47.6 Å². The lowest BCUT2D eigenvalue weighted by atomic mass is 10.2. The Morgan fingerprint density at radius 3 is 2.64 bits per heavy atom. The third-order valence-electron chi connectivity index (χ3n) is 4.42. The Bertz CT molecular complexity index is 1020. The Labute approximate surface area is 171 Å². The Hall–Kier alpha value is -2.38. The highest BCUT2D eigenvalue weighted by atomic mass is 35.5. The minimum atomic E-state index is -0.410. The zero-order valence-electron chi connectivity index (χ0n) is 15.1. The number of para-hydroxylation sites is 1. The minimum absolute atomic E-state index is 0.0603. The number of nitrogens with zero attached hydrogens (tertiary/aromatic N) is 3. The third kappa shape index (κ3) is 3.91. The maximum atomic E-state index is 14.6. The first-order valence-electron chi connectivity index (χ1n) is 8.97. The molecule has 0 aliphatic heterocycles. The molecule has 3 aromatic rings. The molecular weight excluding hydrogens is 399 g/mol. The number of hydrogen-bond acceptors (Lipinski definition) is 4. The van der Waals surface area contributed by atoms with E-state index in [-0.39, 0.29) is 11.9 Å². The summed E-state index contributed by atoms with van der Waals surface area (Å²) >= 11 is 7.58. The summed E-state index contributed by atoms with van der Waals surface area (Å²) in [7, 11) is 0. The molecule has 1 N–H and O–H groups in total. The highest BCUT2D eigenvalue weighted by Gasteiger charge is 2.28. The van der Waals surface area contributed by atoms with Gasteiger partial charge >= 0.3 is 0 Å². The molecule has 2 aromatic carbocycles. The number of halogens is 2. The van der Waals surface area contributed by atoms with Gasteiger partial charge in [0.1, 0.15) is 5.82 Å². The highest BCUT2D eigenvalue weighted by molar-refractivity contribution is 8.00. The van der Waals surface area contributed by atoms with Crippen molar-refractivity contribution in [1.82, 2.24) is 20.1 Å². The molecule has 1 atom stereocenters. The van der Waals surface area contributed by atoms with Crippen molar-refractivity contribution in [1.29, 1.82) is 0 Å². The summed E-state index contributed by atoms with van der Waals surface area (Å²) in [6.07, 6.45) is 2.04. The van der Waals surface area contributed by atoms with Gasteiger partial charge in [-0.2, -0.15) is 0 Å². The topological polar surface area (TPSA) is 59.8 Å². The van der Waals surface area contributed by atoms with Crippen molar-refractivity contribution >= 4 is 29.3 Å². The molecule has 1 aromatic heterocycles. The Morgan fingerprint density at radius 2 is 1.93 bits per heavy atom. The van der Waals surface area contributed by atoms with Crippen LogP contribution in [-0.2, 0) is 4.79 Å². The Kier molecular flexibility index (Phi) is 5.37. The predicted molar refractivity (Wildman–Crippen MR) is 108 cm³/mol. The maximum absolute atomic E-state index is 14.6. The van der Waals surface area contributed by atoms with Crippen LogP contribution in [0.5, 0.6) is 0 Å². The quantitative estimate of drug-likeness (QED) is 0.601. The van der Waals surface area contributed by atoms with E-state index in [0.717, 1.165) is 12.8 Å². The molecule has 1 aliphatic rings. The number of carbonyl (C=O) groups is 1. The average molecular weight is 417 g/mol. The fourth-order valence-corrected chi connectivity index (χ4v) is 3.86. The minimum Gasteiger partial charge on any atom is -0.352 e. The van der Waals surface area contributed by atoms with E-state index in [0.29, 0.717) is 27.3 Å². The zero-order valence-corrected chi connectivity index (χ0v) is 16.7. The highest BCUT2D eigenvalue weighted by Crippen LogP contribution is 2.34. The van der Waals surface area contributed by atoms with Gasteiger partial charge < -0.3 is 5.32 Å². The number of rotatable bonds is 6. The molecule has 1 fully saturated rings. The summed E-state index contributed by atoms with van der Waals surface area (Å²) in [5.74, 6) is -0.0459. The van der Waals surface area contributed by atoms with Crippen LogP contribution in [0.2, 0.25) is 5.02 Å². The second kappa shape index (κ2) is 7.93. The Balaban J connectivity index is 1.75. The molecule has 0 radical (unpaired) electrons. The molecule has 1 heterocycles. The van der Waals surface area contributed by atoms with E-state index in [9.17, 15) is 9.18 Å². The van der Waals surface area contributed by atoms with Gasteiger partial charge in [0.15, 0.2) is 11.0 Å². The van der Waals surface area contributed by atoms with Gasteiger partial charge in [-0.05, 0) is 44.0 Å². The van der Waals surface area contributed by atoms with E-state index >= 15 is 0 Å². The van der Waals surface area contributed by atoms with E-state index in [1.807, 2.05) is 12.1 Å². The van der Waals surface area contributed by atoms with Crippen LogP contribution in [0.3, 0.4) is 0 Å². The summed E-state index contributed by atoms with van der Waals surface area (Å²) in [5.41, 5.74) is 0.946. The molecule has 1 unspecified atom stereocenters. The van der Waals surface area contributed by atoms with Crippen LogP contribution in [0.4, 0.5) is 4.39 Å². The number of thioether (sulfide) groups is 1. The summed E-state index contributed by atoms with van der Waals surface area (Å²) in [6, 6.07) is 13.9. The number of amides is 1. The van der Waals surface area contributed by atoms with Crippen LogP contribution in [0.25, 0.3) is 17.1 Å². The summed E-state index contributed by atoms with van der Waals surface area (Å²) in [5, 5.41) is 12.0. The Morgan fingerprint density at radius 1 is 1.21 bits per heavy atom. The maximum Gasteiger partial charge on any atom is 0.233 e. The zero-order chi connectivity index (χ0) is 19.7. The molecule has 144 valence electrons. The lowest BCUT2D eigenvalue weighted by Gasteiger charge is -2.14. The number of nitrogens with one attached hydrogen (secondary N) is 1. The molecule has 0 bridgehead atoms. The molecule has 8 heteroatoms. The van der Waals surface area contributed by atoms with Gasteiger partial charge in [0, 0.05) is 11.6 Å². The largest absolute Gasteiger partial charge is 0.352 e.